The Bertz CT molecular complexity index is 700. The van der Waals surface area contributed by atoms with Crippen LogP contribution in [0.4, 0.5) is 0 Å². The molecule has 0 saturated carbocycles. The van der Waals surface area contributed by atoms with E-state index in [0.29, 0.717) is 13.2 Å². The minimum atomic E-state index is -3.67. The van der Waals surface area contributed by atoms with E-state index in [-0.39, 0.29) is 27.6 Å². The van der Waals surface area contributed by atoms with Gasteiger partial charge >= 0.3 is 0 Å². The monoisotopic (exact) mass is 374 g/mol. The topological polar surface area (TPSA) is 75.7 Å². The first-order chi connectivity index (χ1) is 11.2. The van der Waals surface area contributed by atoms with Crippen LogP contribution < -0.4 is 5.32 Å². The Morgan fingerprint density at radius 2 is 2.17 bits per heavy atom. The zero-order valence-electron chi connectivity index (χ0n) is 14.1. The number of halogens is 1. The van der Waals surface area contributed by atoms with E-state index in [0.717, 1.165) is 12.8 Å². The Morgan fingerprint density at radius 1 is 1.46 bits per heavy atom. The summed E-state index contributed by atoms with van der Waals surface area (Å²) in [5, 5.41) is 2.97. The second-order valence-corrected chi connectivity index (χ2v) is 8.51. The molecule has 1 aliphatic rings. The highest BCUT2D eigenvalue weighted by Crippen LogP contribution is 2.23. The van der Waals surface area contributed by atoms with Gasteiger partial charge in [0.2, 0.25) is 10.0 Å². The van der Waals surface area contributed by atoms with Crippen LogP contribution in [0.15, 0.2) is 23.1 Å². The van der Waals surface area contributed by atoms with Crippen LogP contribution in [0.3, 0.4) is 0 Å². The number of nitrogens with zero attached hydrogens (tertiary/aromatic N) is 1. The van der Waals surface area contributed by atoms with E-state index in [2.05, 4.69) is 5.32 Å². The molecule has 2 rings (SSSR count). The van der Waals surface area contributed by atoms with Gasteiger partial charge in [0.1, 0.15) is 0 Å². The van der Waals surface area contributed by atoms with Gasteiger partial charge in [-0.2, -0.15) is 4.31 Å². The van der Waals surface area contributed by atoms with Crippen LogP contribution >= 0.6 is 11.6 Å². The van der Waals surface area contributed by atoms with Gasteiger partial charge in [0.05, 0.1) is 21.6 Å². The minimum absolute atomic E-state index is 0.00622. The summed E-state index contributed by atoms with van der Waals surface area (Å²) in [5.74, 6) is -0.403. The summed E-state index contributed by atoms with van der Waals surface area (Å²) in [5.41, 5.74) is 0.146. The van der Waals surface area contributed by atoms with Crippen molar-refractivity contribution in [2.24, 2.45) is 0 Å². The molecule has 1 aromatic carbocycles. The summed E-state index contributed by atoms with van der Waals surface area (Å²) in [4.78, 5) is 12.4. The molecule has 0 aromatic heterocycles. The number of hydrogen-bond donors (Lipinski definition) is 1. The number of carbonyl (C=O) groups is 1. The van der Waals surface area contributed by atoms with Crippen molar-refractivity contribution in [2.75, 3.05) is 20.2 Å². The number of benzene rings is 1. The molecule has 0 aliphatic carbocycles. The summed E-state index contributed by atoms with van der Waals surface area (Å²) >= 11 is 6.08. The number of rotatable bonds is 6. The molecule has 0 radical (unpaired) electrons. The van der Waals surface area contributed by atoms with Gasteiger partial charge < -0.3 is 10.1 Å². The van der Waals surface area contributed by atoms with Crippen LogP contribution in [0.2, 0.25) is 5.02 Å². The SMILES string of the molecule is CC(C)N(C)S(=O)(=O)c1ccc(Cl)c(C(=O)NC[C@@H]2CCCO2)c1. The van der Waals surface area contributed by atoms with Gasteiger partial charge in [-0.05, 0) is 44.9 Å². The quantitative estimate of drug-likeness (QED) is 0.828. The standard InChI is InChI=1S/C16H23ClN2O4S/c1-11(2)19(3)24(21,22)13-6-7-15(17)14(9-13)16(20)18-10-12-5-4-8-23-12/h6-7,9,11-12H,4-5,8,10H2,1-3H3,(H,18,20)/t12-/m0/s1. The fraction of sp³-hybridized carbons (Fsp3) is 0.562. The van der Waals surface area contributed by atoms with E-state index < -0.39 is 15.9 Å². The van der Waals surface area contributed by atoms with E-state index in [4.69, 9.17) is 16.3 Å². The lowest BCUT2D eigenvalue weighted by atomic mass is 10.2. The summed E-state index contributed by atoms with van der Waals surface area (Å²) < 4.78 is 31.8. The van der Waals surface area contributed by atoms with Gasteiger partial charge in [-0.3, -0.25) is 4.79 Å². The molecular weight excluding hydrogens is 352 g/mol. The van der Waals surface area contributed by atoms with Crippen LogP contribution in [-0.2, 0) is 14.8 Å². The highest BCUT2D eigenvalue weighted by atomic mass is 35.5. The summed E-state index contributed by atoms with van der Waals surface area (Å²) in [6, 6.07) is 3.97. The molecule has 134 valence electrons. The maximum absolute atomic E-state index is 12.6. The molecule has 1 heterocycles. The van der Waals surface area contributed by atoms with E-state index in [9.17, 15) is 13.2 Å². The lowest BCUT2D eigenvalue weighted by molar-refractivity contribution is 0.0857. The molecule has 0 bridgehead atoms. The lowest BCUT2D eigenvalue weighted by Crippen LogP contribution is -2.34. The van der Waals surface area contributed by atoms with E-state index in [1.165, 1.54) is 29.6 Å². The highest BCUT2D eigenvalue weighted by Gasteiger charge is 2.25. The van der Waals surface area contributed by atoms with Crippen molar-refractivity contribution in [3.05, 3.63) is 28.8 Å². The zero-order chi connectivity index (χ0) is 17.9. The largest absolute Gasteiger partial charge is 0.376 e. The van der Waals surface area contributed by atoms with E-state index in [1.54, 1.807) is 13.8 Å². The molecule has 0 spiro atoms. The summed E-state index contributed by atoms with van der Waals surface area (Å²) in [6.45, 7) is 4.65. The van der Waals surface area contributed by atoms with Crippen LogP contribution in [0.25, 0.3) is 0 Å². The molecule has 6 nitrogen and oxygen atoms in total. The molecule has 1 aromatic rings. The third-order valence-corrected chi connectivity index (χ3v) is 6.46. The number of carbonyl (C=O) groups excluding carboxylic acids is 1. The Balaban J connectivity index is 2.20. The molecule has 1 fully saturated rings. The zero-order valence-corrected chi connectivity index (χ0v) is 15.7. The predicted molar refractivity (Wildman–Crippen MR) is 92.8 cm³/mol. The number of nitrogens with one attached hydrogen (secondary N) is 1. The van der Waals surface area contributed by atoms with Crippen molar-refractivity contribution in [3.63, 3.8) is 0 Å². The average molecular weight is 375 g/mol. The van der Waals surface area contributed by atoms with Crippen molar-refractivity contribution in [1.82, 2.24) is 9.62 Å². The Hall–Kier alpha value is -1.15. The third-order valence-electron chi connectivity index (χ3n) is 4.10. The van der Waals surface area contributed by atoms with Crippen LogP contribution in [-0.4, -0.2) is 51.0 Å². The fourth-order valence-corrected chi connectivity index (χ4v) is 3.99. The Kier molecular flexibility index (Phi) is 6.25. The molecule has 1 N–H and O–H groups in total. The maximum Gasteiger partial charge on any atom is 0.252 e. The van der Waals surface area contributed by atoms with Gasteiger partial charge in [0, 0.05) is 26.2 Å². The van der Waals surface area contributed by atoms with Gasteiger partial charge in [0.15, 0.2) is 0 Å². The van der Waals surface area contributed by atoms with Gasteiger partial charge in [-0.25, -0.2) is 8.42 Å². The van der Waals surface area contributed by atoms with Crippen molar-refractivity contribution >= 4 is 27.5 Å². The Morgan fingerprint density at radius 3 is 2.75 bits per heavy atom. The van der Waals surface area contributed by atoms with Crippen LogP contribution in [0.5, 0.6) is 0 Å². The van der Waals surface area contributed by atoms with Crippen molar-refractivity contribution in [3.8, 4) is 0 Å². The fourth-order valence-electron chi connectivity index (χ4n) is 2.39. The van der Waals surface area contributed by atoms with E-state index in [1.807, 2.05) is 0 Å². The maximum atomic E-state index is 12.6. The molecule has 8 heteroatoms. The van der Waals surface area contributed by atoms with Crippen LogP contribution in [0.1, 0.15) is 37.0 Å². The smallest absolute Gasteiger partial charge is 0.252 e. The molecule has 1 saturated heterocycles. The predicted octanol–water partition coefficient (Wildman–Crippen LogP) is 2.28. The first-order valence-electron chi connectivity index (χ1n) is 7.91. The number of amides is 1. The molecule has 24 heavy (non-hydrogen) atoms. The lowest BCUT2D eigenvalue weighted by Gasteiger charge is -2.21. The first-order valence-corrected chi connectivity index (χ1v) is 9.72. The minimum Gasteiger partial charge on any atom is -0.376 e. The van der Waals surface area contributed by atoms with Crippen molar-refractivity contribution < 1.29 is 17.9 Å². The number of hydrogen-bond acceptors (Lipinski definition) is 4. The summed E-state index contributed by atoms with van der Waals surface area (Å²) in [7, 11) is -2.17. The van der Waals surface area contributed by atoms with Crippen molar-refractivity contribution in [2.45, 2.75) is 43.7 Å². The normalized spacial score (nSPS) is 18.3. The third kappa shape index (κ3) is 4.27. The molecule has 1 amide bonds. The van der Waals surface area contributed by atoms with Gasteiger partial charge in [0.25, 0.3) is 5.91 Å². The molecule has 1 aliphatic heterocycles. The Labute approximate surface area is 148 Å². The van der Waals surface area contributed by atoms with Gasteiger partial charge in [-0.1, -0.05) is 11.6 Å². The first kappa shape index (κ1) is 19.2. The highest BCUT2D eigenvalue weighted by molar-refractivity contribution is 7.89. The molecular formula is C16H23ClN2O4S. The summed E-state index contributed by atoms with van der Waals surface area (Å²) in [6.07, 6.45) is 1.89. The number of ether oxygens (including phenoxy) is 1. The number of sulfonamides is 1. The molecule has 1 atom stereocenters. The second kappa shape index (κ2) is 7.82. The van der Waals surface area contributed by atoms with Crippen LogP contribution in [0, 0.1) is 0 Å². The van der Waals surface area contributed by atoms with E-state index >= 15 is 0 Å². The van der Waals surface area contributed by atoms with Crippen molar-refractivity contribution in [1.29, 1.82) is 0 Å². The second-order valence-electron chi connectivity index (χ2n) is 6.10. The molecule has 0 unspecified atom stereocenters. The average Bonchev–Trinajstić information content (AvgIpc) is 3.05. The van der Waals surface area contributed by atoms with Gasteiger partial charge in [-0.15, -0.1) is 0 Å².